The van der Waals surface area contributed by atoms with E-state index in [2.05, 4.69) is 20.8 Å². The Morgan fingerprint density at radius 1 is 1.06 bits per heavy atom. The second-order valence-electron chi connectivity index (χ2n) is 9.01. The Balaban J connectivity index is 1.99. The van der Waals surface area contributed by atoms with Crippen molar-refractivity contribution in [2.45, 2.75) is 33.4 Å². The van der Waals surface area contributed by atoms with Gasteiger partial charge in [-0.1, -0.05) is 20.8 Å². The molecule has 0 fully saturated rings. The minimum Gasteiger partial charge on any atom is -0.496 e. The molecular formula is C24H27N3O6. The van der Waals surface area contributed by atoms with E-state index in [4.69, 9.17) is 19.3 Å². The third-order valence-corrected chi connectivity index (χ3v) is 6.02. The Labute approximate surface area is 191 Å². The maximum Gasteiger partial charge on any atom is 0.341 e. The number of hydrogen-bond donors (Lipinski definition) is 1. The molecule has 4 rings (SSSR count). The van der Waals surface area contributed by atoms with E-state index < -0.39 is 11.4 Å². The zero-order valence-electron chi connectivity index (χ0n) is 19.5. The van der Waals surface area contributed by atoms with Gasteiger partial charge < -0.3 is 23.9 Å². The number of benzene rings is 1. The summed E-state index contributed by atoms with van der Waals surface area (Å²) in [6.45, 7) is 6.72. The highest BCUT2D eigenvalue weighted by Gasteiger charge is 2.35. The van der Waals surface area contributed by atoms with E-state index in [1.165, 1.54) is 12.3 Å². The normalized spacial score (nSPS) is 14.9. The molecule has 174 valence electrons. The zero-order chi connectivity index (χ0) is 24.1. The number of fused-ring (bicyclic) bond motifs is 3. The first-order chi connectivity index (χ1) is 15.6. The molecule has 1 aromatic carbocycles. The van der Waals surface area contributed by atoms with Crippen LogP contribution < -0.4 is 19.6 Å². The Morgan fingerprint density at radius 3 is 2.30 bits per heavy atom. The van der Waals surface area contributed by atoms with E-state index in [1.807, 2.05) is 15.3 Å². The molecule has 33 heavy (non-hydrogen) atoms. The largest absolute Gasteiger partial charge is 0.496 e. The quantitative estimate of drug-likeness (QED) is 0.628. The van der Waals surface area contributed by atoms with Gasteiger partial charge in [0.1, 0.15) is 17.0 Å². The number of carboxylic acids is 1. The lowest BCUT2D eigenvalue weighted by molar-refractivity contribution is 0.0693. The van der Waals surface area contributed by atoms with Crippen molar-refractivity contribution in [2.24, 2.45) is 5.41 Å². The van der Waals surface area contributed by atoms with Gasteiger partial charge in [-0.15, -0.1) is 0 Å². The van der Waals surface area contributed by atoms with Gasteiger partial charge in [-0.3, -0.25) is 9.48 Å². The van der Waals surface area contributed by atoms with E-state index in [0.717, 1.165) is 0 Å². The van der Waals surface area contributed by atoms with Gasteiger partial charge in [-0.25, -0.2) is 4.79 Å². The summed E-state index contributed by atoms with van der Waals surface area (Å²) in [6.07, 6.45) is 1.44. The van der Waals surface area contributed by atoms with E-state index in [1.54, 1.807) is 33.5 Å². The first-order valence-corrected chi connectivity index (χ1v) is 10.5. The fourth-order valence-corrected chi connectivity index (χ4v) is 4.32. The molecule has 1 atom stereocenters. The summed E-state index contributed by atoms with van der Waals surface area (Å²) in [5.74, 6) is 0.343. The molecule has 0 aliphatic carbocycles. The van der Waals surface area contributed by atoms with Crippen molar-refractivity contribution in [3.8, 4) is 39.9 Å². The first-order valence-electron chi connectivity index (χ1n) is 10.5. The monoisotopic (exact) mass is 453 g/mol. The number of aromatic nitrogens is 3. The standard InChI is InChI=1S/C24H27N3O6/c1-24(2,3)20-12-27-16(15-10-17(28)13(23(29)30)11-26(15)20)9-14(25-27)21-18(31-4)7-8-19(32-5)22(21)33-6/h7-11,20H,12H2,1-6H3,(H,29,30)/t20-/m0/s1. The van der Waals surface area contributed by atoms with Crippen molar-refractivity contribution in [2.75, 3.05) is 21.3 Å². The van der Waals surface area contributed by atoms with Crippen molar-refractivity contribution in [1.29, 1.82) is 0 Å². The van der Waals surface area contributed by atoms with Gasteiger partial charge in [0.2, 0.25) is 0 Å². The third-order valence-electron chi connectivity index (χ3n) is 6.02. The van der Waals surface area contributed by atoms with Crippen LogP contribution in [0.15, 0.2) is 35.3 Å². The Morgan fingerprint density at radius 2 is 1.73 bits per heavy atom. The first kappa shape index (κ1) is 22.4. The average molecular weight is 453 g/mol. The van der Waals surface area contributed by atoms with E-state index >= 15 is 0 Å². The van der Waals surface area contributed by atoms with Crippen LogP contribution in [0.5, 0.6) is 17.2 Å². The number of methoxy groups -OCH3 is 3. The molecular weight excluding hydrogens is 426 g/mol. The highest BCUT2D eigenvalue weighted by molar-refractivity contribution is 5.87. The van der Waals surface area contributed by atoms with Gasteiger partial charge >= 0.3 is 5.97 Å². The zero-order valence-corrected chi connectivity index (χ0v) is 19.5. The lowest BCUT2D eigenvalue weighted by atomic mass is 9.85. The molecule has 9 nitrogen and oxygen atoms in total. The molecule has 9 heteroatoms. The van der Waals surface area contributed by atoms with Crippen LogP contribution in [0.4, 0.5) is 0 Å². The molecule has 1 N–H and O–H groups in total. The summed E-state index contributed by atoms with van der Waals surface area (Å²) >= 11 is 0. The minimum atomic E-state index is -1.24. The summed E-state index contributed by atoms with van der Waals surface area (Å²) in [5, 5.41) is 14.3. The number of carboxylic acid groups (broad SMARTS) is 1. The topological polar surface area (TPSA) is 105 Å². The van der Waals surface area contributed by atoms with Crippen LogP contribution >= 0.6 is 0 Å². The molecule has 3 aromatic rings. The number of aromatic carboxylic acids is 1. The van der Waals surface area contributed by atoms with E-state index in [9.17, 15) is 14.7 Å². The van der Waals surface area contributed by atoms with Crippen LogP contribution in [0.25, 0.3) is 22.6 Å². The van der Waals surface area contributed by atoms with Crippen LogP contribution in [-0.2, 0) is 6.54 Å². The van der Waals surface area contributed by atoms with Gasteiger partial charge in [0.25, 0.3) is 0 Å². The van der Waals surface area contributed by atoms with Crippen molar-refractivity contribution < 1.29 is 24.1 Å². The van der Waals surface area contributed by atoms with Crippen molar-refractivity contribution in [3.63, 3.8) is 0 Å². The van der Waals surface area contributed by atoms with Crippen molar-refractivity contribution in [1.82, 2.24) is 14.3 Å². The van der Waals surface area contributed by atoms with Gasteiger partial charge in [0, 0.05) is 12.3 Å². The number of hydrogen-bond acceptors (Lipinski definition) is 6. The average Bonchev–Trinajstić information content (AvgIpc) is 3.20. The Hall–Kier alpha value is -3.75. The van der Waals surface area contributed by atoms with Crippen molar-refractivity contribution in [3.05, 3.63) is 46.2 Å². The second-order valence-corrected chi connectivity index (χ2v) is 9.01. The number of carbonyl (C=O) groups is 1. The number of ether oxygens (including phenoxy) is 3. The molecule has 0 amide bonds. The molecule has 0 saturated heterocycles. The summed E-state index contributed by atoms with van der Waals surface area (Å²) in [5.41, 5.74) is 1.50. The predicted octanol–water partition coefficient (Wildman–Crippen LogP) is 3.70. The van der Waals surface area contributed by atoms with E-state index in [-0.39, 0.29) is 17.0 Å². The maximum absolute atomic E-state index is 12.6. The summed E-state index contributed by atoms with van der Waals surface area (Å²) < 4.78 is 20.4. The third kappa shape index (κ3) is 3.63. The van der Waals surface area contributed by atoms with Gasteiger partial charge in [-0.05, 0) is 23.6 Å². The molecule has 0 saturated carbocycles. The lowest BCUT2D eigenvalue weighted by Crippen LogP contribution is -2.35. The fourth-order valence-electron chi connectivity index (χ4n) is 4.32. The van der Waals surface area contributed by atoms with Gasteiger partial charge in [-0.2, -0.15) is 5.10 Å². The maximum atomic E-state index is 12.6. The Bertz CT molecular complexity index is 1300. The minimum absolute atomic E-state index is 0.124. The summed E-state index contributed by atoms with van der Waals surface area (Å²) in [4.78, 5) is 24.2. The fraction of sp³-hybridized carbons (Fsp3) is 0.375. The van der Waals surface area contributed by atoms with Crippen LogP contribution in [-0.4, -0.2) is 46.8 Å². The SMILES string of the molecule is COc1ccc(OC)c(-c2cc3n(n2)C[C@@H](C(C)(C)C)n2cc(C(=O)O)c(=O)cc2-3)c1OC. The van der Waals surface area contributed by atoms with Gasteiger partial charge in [0.05, 0.1) is 50.9 Å². The molecule has 3 heterocycles. The van der Waals surface area contributed by atoms with Crippen molar-refractivity contribution >= 4 is 5.97 Å². The number of rotatable bonds is 5. The highest BCUT2D eigenvalue weighted by Crippen LogP contribution is 2.46. The molecule has 0 spiro atoms. The van der Waals surface area contributed by atoms with Gasteiger partial charge in [0.15, 0.2) is 16.9 Å². The van der Waals surface area contributed by atoms with Crippen LogP contribution in [0, 0.1) is 5.41 Å². The summed E-state index contributed by atoms with van der Waals surface area (Å²) in [7, 11) is 4.68. The molecule has 0 unspecified atom stereocenters. The smallest absolute Gasteiger partial charge is 0.341 e. The predicted molar refractivity (Wildman–Crippen MR) is 122 cm³/mol. The molecule has 1 aliphatic heterocycles. The lowest BCUT2D eigenvalue weighted by Gasteiger charge is -2.38. The van der Waals surface area contributed by atoms with E-state index in [0.29, 0.717) is 46.4 Å². The molecule has 1 aliphatic rings. The molecule has 0 radical (unpaired) electrons. The number of nitrogens with zero attached hydrogens (tertiary/aromatic N) is 3. The summed E-state index contributed by atoms with van der Waals surface area (Å²) in [6, 6.07) is 6.64. The Kier molecular flexibility index (Phi) is 5.43. The van der Waals surface area contributed by atoms with Crippen LogP contribution in [0.3, 0.4) is 0 Å². The van der Waals surface area contributed by atoms with Crippen LogP contribution in [0.1, 0.15) is 37.2 Å². The number of pyridine rings is 1. The highest BCUT2D eigenvalue weighted by atomic mass is 16.5. The second kappa shape index (κ2) is 7.99. The molecule has 2 aromatic heterocycles. The molecule has 0 bridgehead atoms. The van der Waals surface area contributed by atoms with Crippen LogP contribution in [0.2, 0.25) is 0 Å².